The first-order valence-corrected chi connectivity index (χ1v) is 7.82. The lowest BCUT2D eigenvalue weighted by molar-refractivity contribution is -0.150. The predicted molar refractivity (Wildman–Crippen MR) is 74.2 cm³/mol. The molecule has 5 heteroatoms. The fraction of sp³-hybridized carbons (Fsp3) is 0.867. The van der Waals surface area contributed by atoms with E-state index in [2.05, 4.69) is 11.8 Å². The molecular formula is C15H24N2O3. The quantitative estimate of drug-likeness (QED) is 0.821. The van der Waals surface area contributed by atoms with Crippen LogP contribution in [0.5, 0.6) is 0 Å². The van der Waals surface area contributed by atoms with Crippen LogP contribution in [-0.4, -0.2) is 59.0 Å². The summed E-state index contributed by atoms with van der Waals surface area (Å²) in [5, 5.41) is 9.32. The number of hydrogen-bond donors (Lipinski definition) is 1. The van der Waals surface area contributed by atoms with Gasteiger partial charge in [-0.15, -0.1) is 0 Å². The van der Waals surface area contributed by atoms with E-state index in [-0.39, 0.29) is 11.8 Å². The van der Waals surface area contributed by atoms with Crippen LogP contribution < -0.4 is 0 Å². The van der Waals surface area contributed by atoms with E-state index >= 15 is 0 Å². The van der Waals surface area contributed by atoms with Crippen LogP contribution in [0.2, 0.25) is 0 Å². The molecule has 0 aromatic carbocycles. The third-order valence-corrected chi connectivity index (χ3v) is 5.33. The number of hydrogen-bond acceptors (Lipinski definition) is 3. The van der Waals surface area contributed by atoms with Crippen LogP contribution in [0.15, 0.2) is 0 Å². The molecule has 3 aliphatic rings. The Morgan fingerprint density at radius 3 is 2.60 bits per heavy atom. The molecule has 2 heterocycles. The minimum atomic E-state index is -0.799. The molecule has 0 radical (unpaired) electrons. The molecule has 1 aliphatic carbocycles. The van der Waals surface area contributed by atoms with Gasteiger partial charge in [0.25, 0.3) is 0 Å². The van der Waals surface area contributed by atoms with E-state index in [9.17, 15) is 14.7 Å². The maximum absolute atomic E-state index is 12.7. The summed E-state index contributed by atoms with van der Waals surface area (Å²) in [5.74, 6) is -1.13. The summed E-state index contributed by atoms with van der Waals surface area (Å²) < 4.78 is 0. The maximum Gasteiger partial charge on any atom is 0.307 e. The number of carboxylic acids is 1. The maximum atomic E-state index is 12.7. The molecule has 2 saturated heterocycles. The van der Waals surface area contributed by atoms with Gasteiger partial charge in [-0.1, -0.05) is 6.92 Å². The number of carbonyl (C=O) groups excluding carboxylic acids is 1. The monoisotopic (exact) mass is 280 g/mol. The fourth-order valence-electron chi connectivity index (χ4n) is 4.26. The largest absolute Gasteiger partial charge is 0.481 e. The van der Waals surface area contributed by atoms with Crippen LogP contribution in [0.3, 0.4) is 0 Å². The molecular weight excluding hydrogens is 256 g/mol. The summed E-state index contributed by atoms with van der Waals surface area (Å²) in [6, 6.07) is 0.509. The Morgan fingerprint density at radius 1 is 1.10 bits per heavy atom. The molecule has 4 atom stereocenters. The molecule has 2 aliphatic heterocycles. The number of fused-ring (bicyclic) bond motifs is 1. The molecule has 0 aromatic heterocycles. The predicted octanol–water partition coefficient (Wildman–Crippen LogP) is 1.04. The average molecular weight is 280 g/mol. The second-order valence-electron chi connectivity index (χ2n) is 6.74. The normalized spacial score (nSPS) is 38.0. The van der Waals surface area contributed by atoms with Crippen molar-refractivity contribution in [1.29, 1.82) is 0 Å². The molecule has 0 spiro atoms. The molecule has 112 valence electrons. The topological polar surface area (TPSA) is 60.9 Å². The first kappa shape index (κ1) is 13.9. The van der Waals surface area contributed by atoms with Crippen molar-refractivity contribution in [3.05, 3.63) is 0 Å². The highest BCUT2D eigenvalue weighted by molar-refractivity contribution is 5.85. The summed E-state index contributed by atoms with van der Waals surface area (Å²) in [7, 11) is 0. The number of nitrogens with zero attached hydrogens (tertiary/aromatic N) is 2. The number of carbonyl (C=O) groups is 2. The third kappa shape index (κ3) is 2.43. The molecule has 1 N–H and O–H groups in total. The highest BCUT2D eigenvalue weighted by Crippen LogP contribution is 2.38. The Kier molecular flexibility index (Phi) is 3.71. The Labute approximate surface area is 119 Å². The summed E-state index contributed by atoms with van der Waals surface area (Å²) in [5.41, 5.74) is 0. The zero-order valence-electron chi connectivity index (χ0n) is 12.1. The van der Waals surface area contributed by atoms with Gasteiger partial charge < -0.3 is 10.0 Å². The van der Waals surface area contributed by atoms with Gasteiger partial charge in [0.05, 0.1) is 11.8 Å². The number of amides is 1. The van der Waals surface area contributed by atoms with Gasteiger partial charge in [-0.2, -0.15) is 0 Å². The van der Waals surface area contributed by atoms with E-state index in [1.165, 1.54) is 12.8 Å². The Balaban J connectivity index is 1.67. The number of rotatable bonds is 2. The zero-order valence-corrected chi connectivity index (χ0v) is 12.1. The molecule has 20 heavy (non-hydrogen) atoms. The minimum Gasteiger partial charge on any atom is -0.481 e. The molecule has 0 bridgehead atoms. The number of piperazine rings is 1. The minimum absolute atomic E-state index is 0.0910. The molecule has 3 fully saturated rings. The lowest BCUT2D eigenvalue weighted by Crippen LogP contribution is -2.54. The van der Waals surface area contributed by atoms with Crippen molar-refractivity contribution in [1.82, 2.24) is 9.80 Å². The second kappa shape index (κ2) is 5.35. The van der Waals surface area contributed by atoms with Crippen LogP contribution in [0.25, 0.3) is 0 Å². The Hall–Kier alpha value is -1.10. The van der Waals surface area contributed by atoms with Gasteiger partial charge in [-0.05, 0) is 38.1 Å². The molecule has 1 amide bonds. The van der Waals surface area contributed by atoms with E-state index < -0.39 is 11.9 Å². The Bertz CT molecular complexity index is 412. The van der Waals surface area contributed by atoms with Crippen molar-refractivity contribution in [2.24, 2.45) is 17.8 Å². The number of aliphatic carboxylic acids is 1. The standard InChI is InChI=1S/C15H24N2O3/c1-10-7-12(13(8-10)15(19)20)14(18)17-6-5-16-4-2-3-11(16)9-17/h10-13H,2-9H2,1H3,(H,19,20). The van der Waals surface area contributed by atoms with E-state index in [1.807, 2.05) is 4.90 Å². The number of carboxylic acid groups (broad SMARTS) is 1. The van der Waals surface area contributed by atoms with Gasteiger partial charge >= 0.3 is 5.97 Å². The molecule has 0 aromatic rings. The van der Waals surface area contributed by atoms with E-state index in [4.69, 9.17) is 0 Å². The summed E-state index contributed by atoms with van der Waals surface area (Å²) >= 11 is 0. The third-order valence-electron chi connectivity index (χ3n) is 5.33. The van der Waals surface area contributed by atoms with Gasteiger partial charge in [0.1, 0.15) is 0 Å². The lowest BCUT2D eigenvalue weighted by Gasteiger charge is -2.39. The van der Waals surface area contributed by atoms with Crippen LogP contribution in [-0.2, 0) is 9.59 Å². The van der Waals surface area contributed by atoms with Crippen molar-refractivity contribution in [2.45, 2.75) is 38.6 Å². The van der Waals surface area contributed by atoms with E-state index in [1.54, 1.807) is 0 Å². The van der Waals surface area contributed by atoms with Crippen molar-refractivity contribution in [3.8, 4) is 0 Å². The highest BCUT2D eigenvalue weighted by atomic mass is 16.4. The summed E-state index contributed by atoms with van der Waals surface area (Å²) in [6.45, 7) is 5.74. The summed E-state index contributed by atoms with van der Waals surface area (Å²) in [4.78, 5) is 28.4. The van der Waals surface area contributed by atoms with Gasteiger partial charge in [-0.25, -0.2) is 0 Å². The van der Waals surface area contributed by atoms with Crippen LogP contribution in [0.4, 0.5) is 0 Å². The van der Waals surface area contributed by atoms with Gasteiger partial charge in [0, 0.05) is 25.7 Å². The highest BCUT2D eigenvalue weighted by Gasteiger charge is 2.44. The van der Waals surface area contributed by atoms with Crippen molar-refractivity contribution in [2.75, 3.05) is 26.2 Å². The van der Waals surface area contributed by atoms with Gasteiger partial charge in [0.2, 0.25) is 5.91 Å². The molecule has 3 rings (SSSR count). The zero-order chi connectivity index (χ0) is 14.3. The first-order valence-electron chi connectivity index (χ1n) is 7.82. The van der Waals surface area contributed by atoms with Crippen LogP contribution in [0.1, 0.15) is 32.6 Å². The Morgan fingerprint density at radius 2 is 1.85 bits per heavy atom. The molecule has 5 nitrogen and oxygen atoms in total. The average Bonchev–Trinajstić information content (AvgIpc) is 3.02. The lowest BCUT2D eigenvalue weighted by atomic mass is 9.94. The van der Waals surface area contributed by atoms with Crippen molar-refractivity contribution < 1.29 is 14.7 Å². The smallest absolute Gasteiger partial charge is 0.307 e. The summed E-state index contributed by atoms with van der Waals surface area (Å²) in [6.07, 6.45) is 3.79. The second-order valence-corrected chi connectivity index (χ2v) is 6.74. The van der Waals surface area contributed by atoms with Crippen molar-refractivity contribution in [3.63, 3.8) is 0 Å². The molecule has 4 unspecified atom stereocenters. The van der Waals surface area contributed by atoms with E-state index in [0.717, 1.165) is 32.6 Å². The SMILES string of the molecule is CC1CC(C(=O)O)C(C(=O)N2CCN3CCCC3C2)C1. The fourth-order valence-corrected chi connectivity index (χ4v) is 4.26. The van der Waals surface area contributed by atoms with Crippen LogP contribution >= 0.6 is 0 Å². The first-order chi connectivity index (χ1) is 9.56. The van der Waals surface area contributed by atoms with Crippen molar-refractivity contribution >= 4 is 11.9 Å². The van der Waals surface area contributed by atoms with E-state index in [0.29, 0.717) is 18.4 Å². The molecule has 1 saturated carbocycles. The van der Waals surface area contributed by atoms with Gasteiger partial charge in [-0.3, -0.25) is 14.5 Å². The van der Waals surface area contributed by atoms with Gasteiger partial charge in [0.15, 0.2) is 0 Å². The van der Waals surface area contributed by atoms with Crippen LogP contribution in [0, 0.1) is 17.8 Å².